The van der Waals surface area contributed by atoms with Gasteiger partial charge in [0.05, 0.1) is 5.69 Å². The van der Waals surface area contributed by atoms with E-state index in [-0.39, 0.29) is 17.9 Å². The summed E-state index contributed by atoms with van der Waals surface area (Å²) in [5, 5.41) is -0.740. The molecule has 0 heterocycles. The summed E-state index contributed by atoms with van der Waals surface area (Å²) in [4.78, 5) is 25.6. The monoisotopic (exact) mass is 531 g/mol. The molecule has 0 aromatic heterocycles. The van der Waals surface area contributed by atoms with Gasteiger partial charge < -0.3 is 4.74 Å². The Bertz CT molecular complexity index is 922. The summed E-state index contributed by atoms with van der Waals surface area (Å²) in [6, 6.07) is 13.3. The van der Waals surface area contributed by atoms with Gasteiger partial charge in [0, 0.05) is 12.1 Å². The van der Waals surface area contributed by atoms with Crippen molar-refractivity contribution in [3.63, 3.8) is 0 Å². The second-order valence-electron chi connectivity index (χ2n) is 9.73. The van der Waals surface area contributed by atoms with Gasteiger partial charge in [-0.25, -0.2) is 9.18 Å². The van der Waals surface area contributed by atoms with Gasteiger partial charge in [0.2, 0.25) is 0 Å². The number of halogens is 2. The summed E-state index contributed by atoms with van der Waals surface area (Å²) in [6.07, 6.45) is 16.7. The lowest BCUT2D eigenvalue weighted by atomic mass is 10.0. The molecule has 2 aromatic rings. The standard InChI is InChI=1S/C31H43ClFNO3/c1-2-3-4-5-6-7-8-9-10-11-12-13-14-18-23-34(29-22-21-27(30(32)35)24-28(29)33)31(36)37-25-26-19-16-15-17-20-26/h15-17,19-22,24H,2-14,18,23,25H2,1H3. The minimum atomic E-state index is -0.740. The van der Waals surface area contributed by atoms with E-state index in [0.29, 0.717) is 6.54 Å². The smallest absolute Gasteiger partial charge is 0.414 e. The SMILES string of the molecule is CCCCCCCCCCCCCCCCN(C(=O)OCc1ccccc1)c1ccc(C(=O)Cl)cc1F. The molecule has 0 spiro atoms. The molecule has 2 rings (SSSR count). The first-order valence-corrected chi connectivity index (χ1v) is 14.4. The van der Waals surface area contributed by atoms with E-state index in [4.69, 9.17) is 16.3 Å². The van der Waals surface area contributed by atoms with Crippen LogP contribution in [0.4, 0.5) is 14.9 Å². The first-order valence-electron chi connectivity index (χ1n) is 14.0. The lowest BCUT2D eigenvalue weighted by molar-refractivity contribution is 0.108. The van der Waals surface area contributed by atoms with Gasteiger partial charge in [-0.05, 0) is 41.8 Å². The zero-order valence-electron chi connectivity index (χ0n) is 22.4. The summed E-state index contributed by atoms with van der Waals surface area (Å²) in [5.41, 5.74) is 1.00. The van der Waals surface area contributed by atoms with Crippen molar-refractivity contribution >= 4 is 28.6 Å². The van der Waals surface area contributed by atoms with Crippen LogP contribution in [0, 0.1) is 5.82 Å². The molecule has 0 saturated heterocycles. The summed E-state index contributed by atoms with van der Waals surface area (Å²) >= 11 is 5.48. The first kappa shape index (κ1) is 30.8. The maximum Gasteiger partial charge on any atom is 0.414 e. The Hall–Kier alpha value is -2.40. The third-order valence-corrected chi connectivity index (χ3v) is 6.84. The number of anilines is 1. The minimum absolute atomic E-state index is 0.0528. The molecular formula is C31H43ClFNO3. The van der Waals surface area contributed by atoms with Gasteiger partial charge >= 0.3 is 6.09 Å². The molecule has 0 aliphatic rings. The maximum atomic E-state index is 14.8. The van der Waals surface area contributed by atoms with Crippen molar-refractivity contribution in [1.82, 2.24) is 0 Å². The van der Waals surface area contributed by atoms with Crippen molar-refractivity contribution in [1.29, 1.82) is 0 Å². The molecule has 0 aliphatic carbocycles. The number of carbonyl (C=O) groups excluding carboxylic acids is 2. The van der Waals surface area contributed by atoms with E-state index in [2.05, 4.69) is 6.92 Å². The van der Waals surface area contributed by atoms with E-state index < -0.39 is 17.2 Å². The van der Waals surface area contributed by atoms with Crippen LogP contribution in [0.2, 0.25) is 0 Å². The van der Waals surface area contributed by atoms with Gasteiger partial charge in [-0.15, -0.1) is 0 Å². The lowest BCUT2D eigenvalue weighted by Gasteiger charge is -2.23. The van der Waals surface area contributed by atoms with E-state index in [1.165, 1.54) is 87.7 Å². The second-order valence-corrected chi connectivity index (χ2v) is 10.1. The summed E-state index contributed by atoms with van der Waals surface area (Å²) in [6.45, 7) is 2.70. The van der Waals surface area contributed by atoms with E-state index in [0.717, 1.165) is 30.9 Å². The van der Waals surface area contributed by atoms with Crippen LogP contribution in [0.15, 0.2) is 48.5 Å². The van der Waals surface area contributed by atoms with Crippen LogP contribution < -0.4 is 4.90 Å². The van der Waals surface area contributed by atoms with Gasteiger partial charge in [-0.2, -0.15) is 0 Å². The quantitative estimate of drug-likeness (QED) is 0.134. The molecular weight excluding hydrogens is 489 g/mol. The highest BCUT2D eigenvalue weighted by Crippen LogP contribution is 2.24. The van der Waals surface area contributed by atoms with Gasteiger partial charge in [0.1, 0.15) is 12.4 Å². The number of hydrogen-bond acceptors (Lipinski definition) is 3. The third-order valence-electron chi connectivity index (χ3n) is 6.63. The van der Waals surface area contributed by atoms with Crippen LogP contribution >= 0.6 is 11.6 Å². The molecule has 0 N–H and O–H groups in total. The highest BCUT2D eigenvalue weighted by Gasteiger charge is 2.21. The third kappa shape index (κ3) is 12.6. The van der Waals surface area contributed by atoms with E-state index in [9.17, 15) is 14.0 Å². The Kier molecular flexibility index (Phi) is 15.6. The lowest BCUT2D eigenvalue weighted by Crippen LogP contribution is -2.33. The van der Waals surface area contributed by atoms with Gasteiger partial charge in [-0.1, -0.05) is 121 Å². The number of amides is 1. The Labute approximate surface area is 227 Å². The predicted molar refractivity (Wildman–Crippen MR) is 151 cm³/mol. The van der Waals surface area contributed by atoms with Crippen molar-refractivity contribution in [2.45, 2.75) is 103 Å². The molecule has 0 bridgehead atoms. The molecule has 0 fully saturated rings. The fourth-order valence-corrected chi connectivity index (χ4v) is 4.54. The number of unbranched alkanes of at least 4 members (excludes halogenated alkanes) is 13. The second kappa shape index (κ2) is 18.8. The van der Waals surface area contributed by atoms with Crippen LogP contribution in [0.1, 0.15) is 113 Å². The molecule has 6 heteroatoms. The molecule has 1 amide bonds. The van der Waals surface area contributed by atoms with Crippen molar-refractivity contribution in [2.24, 2.45) is 0 Å². The van der Waals surface area contributed by atoms with Crippen molar-refractivity contribution in [3.8, 4) is 0 Å². The molecule has 4 nitrogen and oxygen atoms in total. The number of rotatable bonds is 19. The minimum Gasteiger partial charge on any atom is -0.444 e. The van der Waals surface area contributed by atoms with Crippen LogP contribution in [-0.2, 0) is 11.3 Å². The van der Waals surface area contributed by atoms with Crippen LogP contribution in [-0.4, -0.2) is 17.9 Å². The molecule has 0 aliphatic heterocycles. The number of hydrogen-bond donors (Lipinski definition) is 0. The molecule has 37 heavy (non-hydrogen) atoms. The van der Waals surface area contributed by atoms with Gasteiger partial charge in [0.15, 0.2) is 0 Å². The molecule has 0 unspecified atom stereocenters. The highest BCUT2D eigenvalue weighted by atomic mass is 35.5. The number of nitrogens with zero attached hydrogens (tertiary/aromatic N) is 1. The van der Waals surface area contributed by atoms with Crippen LogP contribution in [0.25, 0.3) is 0 Å². The summed E-state index contributed by atoms with van der Waals surface area (Å²) in [5.74, 6) is -0.673. The van der Waals surface area contributed by atoms with E-state index in [1.807, 2.05) is 30.3 Å². The van der Waals surface area contributed by atoms with Crippen molar-refractivity contribution in [3.05, 3.63) is 65.5 Å². The number of ether oxygens (including phenoxy) is 1. The largest absolute Gasteiger partial charge is 0.444 e. The Morgan fingerprint density at radius 2 is 1.32 bits per heavy atom. The molecule has 0 radical (unpaired) electrons. The molecule has 0 saturated carbocycles. The van der Waals surface area contributed by atoms with E-state index in [1.54, 1.807) is 0 Å². The van der Waals surface area contributed by atoms with Gasteiger partial charge in [0.25, 0.3) is 5.24 Å². The fourth-order valence-electron chi connectivity index (χ4n) is 4.42. The molecule has 204 valence electrons. The molecule has 2 aromatic carbocycles. The maximum absolute atomic E-state index is 14.8. The average Bonchev–Trinajstić information content (AvgIpc) is 2.90. The number of carbonyl (C=O) groups is 2. The average molecular weight is 532 g/mol. The number of benzene rings is 2. The first-order chi connectivity index (χ1) is 18.0. The normalized spacial score (nSPS) is 10.9. The molecule has 0 atom stereocenters. The summed E-state index contributed by atoms with van der Waals surface area (Å²) in [7, 11) is 0. The zero-order chi connectivity index (χ0) is 26.7. The van der Waals surface area contributed by atoms with Crippen LogP contribution in [0.3, 0.4) is 0 Å². The Morgan fingerprint density at radius 1 is 0.784 bits per heavy atom. The van der Waals surface area contributed by atoms with Gasteiger partial charge in [-0.3, -0.25) is 9.69 Å². The topological polar surface area (TPSA) is 46.6 Å². The zero-order valence-corrected chi connectivity index (χ0v) is 23.1. The van der Waals surface area contributed by atoms with Crippen LogP contribution in [0.5, 0.6) is 0 Å². The van der Waals surface area contributed by atoms with Crippen molar-refractivity contribution in [2.75, 3.05) is 11.4 Å². The Balaban J connectivity index is 1.75. The van der Waals surface area contributed by atoms with E-state index >= 15 is 0 Å². The highest BCUT2D eigenvalue weighted by molar-refractivity contribution is 6.67. The fraction of sp³-hybridized carbons (Fsp3) is 0.548. The Morgan fingerprint density at radius 3 is 1.84 bits per heavy atom. The van der Waals surface area contributed by atoms with Crippen molar-refractivity contribution < 1.29 is 18.7 Å². The predicted octanol–water partition coefficient (Wildman–Crippen LogP) is 9.83. The summed E-state index contributed by atoms with van der Waals surface area (Å²) < 4.78 is 20.3.